The topological polar surface area (TPSA) is 29.3 Å². The zero-order valence-corrected chi connectivity index (χ0v) is 13.9. The molecule has 2 atom stereocenters. The van der Waals surface area contributed by atoms with E-state index in [1.165, 1.54) is 12.0 Å². The van der Waals surface area contributed by atoms with Gasteiger partial charge in [-0.15, -0.1) is 0 Å². The van der Waals surface area contributed by atoms with Crippen LogP contribution >= 0.6 is 31.9 Å². The fourth-order valence-corrected chi connectivity index (χ4v) is 3.27. The number of likely N-dealkylation sites (tertiary alicyclic amines) is 1. The van der Waals surface area contributed by atoms with Gasteiger partial charge < -0.3 is 5.73 Å². The van der Waals surface area contributed by atoms with Gasteiger partial charge in [-0.25, -0.2) is 0 Å². The van der Waals surface area contributed by atoms with Crippen LogP contribution in [0.25, 0.3) is 0 Å². The van der Waals surface area contributed by atoms with Crippen molar-refractivity contribution >= 4 is 31.9 Å². The van der Waals surface area contributed by atoms with Crippen molar-refractivity contribution in [3.05, 3.63) is 32.7 Å². The summed E-state index contributed by atoms with van der Waals surface area (Å²) in [7, 11) is 0. The molecule has 1 aliphatic rings. The van der Waals surface area contributed by atoms with E-state index in [1.54, 1.807) is 0 Å². The Bertz CT molecular complexity index is 409. The van der Waals surface area contributed by atoms with Crippen LogP contribution in [0.4, 0.5) is 0 Å². The van der Waals surface area contributed by atoms with Crippen molar-refractivity contribution < 1.29 is 0 Å². The van der Waals surface area contributed by atoms with E-state index in [0.29, 0.717) is 12.0 Å². The third-order valence-electron chi connectivity index (χ3n) is 3.79. The third-order valence-corrected chi connectivity index (χ3v) is 5.67. The van der Waals surface area contributed by atoms with Gasteiger partial charge in [-0.2, -0.15) is 0 Å². The van der Waals surface area contributed by atoms with Crippen molar-refractivity contribution in [2.75, 3.05) is 13.1 Å². The first kappa shape index (κ1) is 14.5. The monoisotopic (exact) mass is 374 g/mol. The average Bonchev–Trinajstić information content (AvgIpc) is 2.36. The molecule has 1 aromatic carbocycles. The SMILES string of the molecule is CCC1CN(Cc2ccc(Br)c(Br)c2)CCC1N. The molecule has 0 spiro atoms. The van der Waals surface area contributed by atoms with Gasteiger partial charge in [0.2, 0.25) is 0 Å². The molecule has 0 bridgehead atoms. The first-order valence-corrected chi connectivity index (χ1v) is 8.10. The van der Waals surface area contributed by atoms with E-state index in [-0.39, 0.29) is 0 Å². The molecule has 0 amide bonds. The van der Waals surface area contributed by atoms with Gasteiger partial charge in [-0.05, 0) is 68.4 Å². The van der Waals surface area contributed by atoms with Crippen molar-refractivity contribution in [2.24, 2.45) is 11.7 Å². The summed E-state index contributed by atoms with van der Waals surface area (Å²) >= 11 is 7.07. The minimum atomic E-state index is 0.392. The van der Waals surface area contributed by atoms with Gasteiger partial charge in [-0.1, -0.05) is 19.4 Å². The van der Waals surface area contributed by atoms with Crippen LogP contribution in [-0.4, -0.2) is 24.0 Å². The highest BCUT2D eigenvalue weighted by Crippen LogP contribution is 2.26. The van der Waals surface area contributed by atoms with Crippen LogP contribution in [0.15, 0.2) is 27.1 Å². The van der Waals surface area contributed by atoms with Gasteiger partial charge in [0, 0.05) is 28.1 Å². The number of piperidine rings is 1. The van der Waals surface area contributed by atoms with Crippen LogP contribution in [0.2, 0.25) is 0 Å². The summed E-state index contributed by atoms with van der Waals surface area (Å²) < 4.78 is 2.24. The van der Waals surface area contributed by atoms with E-state index < -0.39 is 0 Å². The Morgan fingerprint density at radius 1 is 1.33 bits per heavy atom. The second kappa shape index (κ2) is 6.51. The highest BCUT2D eigenvalue weighted by molar-refractivity contribution is 9.13. The van der Waals surface area contributed by atoms with Crippen molar-refractivity contribution in [1.82, 2.24) is 4.90 Å². The zero-order valence-electron chi connectivity index (χ0n) is 10.7. The summed E-state index contributed by atoms with van der Waals surface area (Å²) in [5.41, 5.74) is 7.51. The maximum Gasteiger partial charge on any atom is 0.0320 e. The molecule has 0 saturated carbocycles. The fourth-order valence-electron chi connectivity index (χ4n) is 2.60. The van der Waals surface area contributed by atoms with Gasteiger partial charge in [0.25, 0.3) is 0 Å². The Labute approximate surface area is 126 Å². The second-order valence-electron chi connectivity index (χ2n) is 5.10. The van der Waals surface area contributed by atoms with Gasteiger partial charge in [0.05, 0.1) is 0 Å². The molecule has 1 aliphatic heterocycles. The van der Waals surface area contributed by atoms with Crippen molar-refractivity contribution in [1.29, 1.82) is 0 Å². The van der Waals surface area contributed by atoms with E-state index in [0.717, 1.165) is 35.0 Å². The molecule has 2 N–H and O–H groups in total. The minimum Gasteiger partial charge on any atom is -0.327 e. The lowest BCUT2D eigenvalue weighted by molar-refractivity contribution is 0.145. The summed E-state index contributed by atoms with van der Waals surface area (Å²) in [4.78, 5) is 2.52. The number of halogens is 2. The molecule has 100 valence electrons. The van der Waals surface area contributed by atoms with Crippen LogP contribution in [0.5, 0.6) is 0 Å². The Balaban J connectivity index is 1.99. The molecule has 18 heavy (non-hydrogen) atoms. The molecule has 1 saturated heterocycles. The smallest absolute Gasteiger partial charge is 0.0320 e. The lowest BCUT2D eigenvalue weighted by Crippen LogP contribution is -2.46. The quantitative estimate of drug-likeness (QED) is 0.871. The van der Waals surface area contributed by atoms with Crippen LogP contribution in [-0.2, 0) is 6.54 Å². The number of nitrogens with zero attached hydrogens (tertiary/aromatic N) is 1. The molecule has 1 heterocycles. The summed E-state index contributed by atoms with van der Waals surface area (Å²) in [5, 5.41) is 0. The number of benzene rings is 1. The van der Waals surface area contributed by atoms with Crippen LogP contribution in [0.3, 0.4) is 0 Å². The number of nitrogens with two attached hydrogens (primary N) is 1. The molecule has 2 nitrogen and oxygen atoms in total. The summed E-state index contributed by atoms with van der Waals surface area (Å²) in [5.74, 6) is 0.651. The molecule has 1 aromatic rings. The van der Waals surface area contributed by atoms with Crippen molar-refractivity contribution in [3.8, 4) is 0 Å². The van der Waals surface area contributed by atoms with Gasteiger partial charge >= 0.3 is 0 Å². The number of hydrogen-bond acceptors (Lipinski definition) is 2. The largest absolute Gasteiger partial charge is 0.327 e. The maximum absolute atomic E-state index is 6.15. The van der Waals surface area contributed by atoms with Gasteiger partial charge in [-0.3, -0.25) is 4.90 Å². The van der Waals surface area contributed by atoms with Crippen molar-refractivity contribution in [3.63, 3.8) is 0 Å². The van der Waals surface area contributed by atoms with Crippen LogP contribution in [0, 0.1) is 5.92 Å². The summed E-state index contributed by atoms with van der Waals surface area (Å²) in [6.07, 6.45) is 2.30. The molecule has 4 heteroatoms. The lowest BCUT2D eigenvalue weighted by atomic mass is 9.90. The molecule has 2 rings (SSSR count). The number of rotatable bonds is 3. The summed E-state index contributed by atoms with van der Waals surface area (Å²) in [6.45, 7) is 5.51. The van der Waals surface area contributed by atoms with E-state index in [4.69, 9.17) is 5.73 Å². The predicted molar refractivity (Wildman–Crippen MR) is 83.5 cm³/mol. The maximum atomic E-state index is 6.15. The number of hydrogen-bond donors (Lipinski definition) is 1. The molecular formula is C14H20Br2N2. The molecular weight excluding hydrogens is 356 g/mol. The molecule has 0 aliphatic carbocycles. The van der Waals surface area contributed by atoms with Gasteiger partial charge in [0.15, 0.2) is 0 Å². The standard InChI is InChI=1S/C14H20Br2N2/c1-2-11-9-18(6-5-14(11)17)8-10-3-4-12(15)13(16)7-10/h3-4,7,11,14H,2,5-6,8-9,17H2,1H3. The zero-order chi connectivity index (χ0) is 13.1. The Morgan fingerprint density at radius 3 is 2.78 bits per heavy atom. The molecule has 2 unspecified atom stereocenters. The lowest BCUT2D eigenvalue weighted by Gasteiger charge is -2.36. The Hall–Kier alpha value is 0.1000. The first-order valence-electron chi connectivity index (χ1n) is 6.52. The van der Waals surface area contributed by atoms with E-state index in [2.05, 4.69) is 61.9 Å². The second-order valence-corrected chi connectivity index (χ2v) is 6.81. The van der Waals surface area contributed by atoms with E-state index in [1.807, 2.05) is 0 Å². The highest BCUT2D eigenvalue weighted by atomic mass is 79.9. The van der Waals surface area contributed by atoms with Gasteiger partial charge in [0.1, 0.15) is 0 Å². The van der Waals surface area contributed by atoms with Crippen molar-refractivity contribution in [2.45, 2.75) is 32.4 Å². The molecule has 1 fully saturated rings. The fraction of sp³-hybridized carbons (Fsp3) is 0.571. The van der Waals surface area contributed by atoms with Crippen LogP contribution in [0.1, 0.15) is 25.3 Å². The predicted octanol–water partition coefficient (Wildman–Crippen LogP) is 3.77. The Morgan fingerprint density at radius 2 is 2.11 bits per heavy atom. The summed E-state index contributed by atoms with van der Waals surface area (Å²) in [6, 6.07) is 6.87. The molecule has 0 radical (unpaired) electrons. The van der Waals surface area contributed by atoms with E-state index in [9.17, 15) is 0 Å². The first-order chi connectivity index (χ1) is 8.60. The van der Waals surface area contributed by atoms with E-state index >= 15 is 0 Å². The Kier molecular flexibility index (Phi) is 5.24. The molecule has 0 aromatic heterocycles. The normalized spacial score (nSPS) is 25.3. The van der Waals surface area contributed by atoms with Crippen LogP contribution < -0.4 is 5.73 Å². The third kappa shape index (κ3) is 3.56. The highest BCUT2D eigenvalue weighted by Gasteiger charge is 2.25. The average molecular weight is 376 g/mol. The minimum absolute atomic E-state index is 0.392.